The van der Waals surface area contributed by atoms with Crippen molar-refractivity contribution in [1.82, 2.24) is 4.98 Å². The van der Waals surface area contributed by atoms with Crippen molar-refractivity contribution in [2.24, 2.45) is 5.92 Å². The Morgan fingerprint density at radius 3 is 2.64 bits per heavy atom. The van der Waals surface area contributed by atoms with E-state index in [0.717, 1.165) is 28.6 Å². The number of benzene rings is 1. The van der Waals surface area contributed by atoms with Crippen LogP contribution in [0.15, 0.2) is 34.8 Å². The summed E-state index contributed by atoms with van der Waals surface area (Å²) in [5, 5.41) is 10.3. The monoisotopic (exact) mass is 403 g/mol. The number of nitrogens with zero attached hydrogens (tertiary/aromatic N) is 1. The van der Waals surface area contributed by atoms with E-state index < -0.39 is 5.97 Å². The van der Waals surface area contributed by atoms with Crippen LogP contribution in [0, 0.1) is 5.92 Å². The Hall–Kier alpha value is -2.34. The average Bonchev–Trinajstić information content (AvgIpc) is 3.45. The zero-order chi connectivity index (χ0) is 18.0. The Morgan fingerprint density at radius 1 is 1.28 bits per heavy atom. The van der Waals surface area contributed by atoms with E-state index in [4.69, 9.17) is 4.74 Å². The second kappa shape index (κ2) is 7.27. The number of carbonyl (C=O) groups excluding carboxylic acids is 1. The van der Waals surface area contributed by atoms with E-state index in [9.17, 15) is 9.90 Å². The Balaban J connectivity index is 2.03. The first-order chi connectivity index (χ1) is 12.0. The highest BCUT2D eigenvalue weighted by Gasteiger charge is 2.29. The highest BCUT2D eigenvalue weighted by molar-refractivity contribution is 9.10. The molecular formula is C19H18BrNO4. The predicted octanol–water partition coefficient (Wildman–Crippen LogP) is 4.30. The summed E-state index contributed by atoms with van der Waals surface area (Å²) >= 11 is 3.55. The molecule has 1 heterocycles. The van der Waals surface area contributed by atoms with E-state index in [2.05, 4.69) is 25.7 Å². The topological polar surface area (TPSA) is 68.7 Å². The van der Waals surface area contributed by atoms with Crippen molar-refractivity contribution in [3.8, 4) is 11.6 Å². The van der Waals surface area contributed by atoms with E-state index in [-0.39, 0.29) is 5.75 Å². The number of methoxy groups -OCH3 is 2. The molecule has 0 unspecified atom stereocenters. The Kier molecular flexibility index (Phi) is 5.08. The van der Waals surface area contributed by atoms with Gasteiger partial charge in [0, 0.05) is 16.1 Å². The van der Waals surface area contributed by atoms with E-state index in [0.29, 0.717) is 22.9 Å². The van der Waals surface area contributed by atoms with Crippen LogP contribution in [0.3, 0.4) is 0 Å². The molecule has 3 rings (SSSR count). The summed E-state index contributed by atoms with van der Waals surface area (Å²) < 4.78 is 10.8. The van der Waals surface area contributed by atoms with Gasteiger partial charge in [-0.1, -0.05) is 6.07 Å². The second-order valence-corrected chi connectivity index (χ2v) is 6.68. The molecule has 6 heteroatoms. The molecule has 0 aliphatic heterocycles. The van der Waals surface area contributed by atoms with E-state index in [1.807, 2.05) is 12.1 Å². The molecular weight excluding hydrogens is 386 g/mol. The predicted molar refractivity (Wildman–Crippen MR) is 98.5 cm³/mol. The third kappa shape index (κ3) is 3.85. The summed E-state index contributed by atoms with van der Waals surface area (Å²) in [6, 6.07) is 8.45. The third-order valence-electron chi connectivity index (χ3n) is 4.08. The highest BCUT2D eigenvalue weighted by atomic mass is 79.9. The second-order valence-electron chi connectivity index (χ2n) is 5.82. The number of aromatic nitrogens is 1. The molecule has 25 heavy (non-hydrogen) atoms. The van der Waals surface area contributed by atoms with Gasteiger partial charge in [0.15, 0.2) is 0 Å². The fourth-order valence-electron chi connectivity index (χ4n) is 2.59. The Labute approximate surface area is 154 Å². The summed E-state index contributed by atoms with van der Waals surface area (Å²) in [7, 11) is 2.89. The van der Waals surface area contributed by atoms with Crippen LogP contribution in [0.25, 0.3) is 11.6 Å². The smallest absolute Gasteiger partial charge is 0.337 e. The number of pyridine rings is 1. The van der Waals surface area contributed by atoms with Crippen LogP contribution in [0.4, 0.5) is 0 Å². The molecule has 0 atom stereocenters. The van der Waals surface area contributed by atoms with Crippen LogP contribution in [0.2, 0.25) is 0 Å². The lowest BCUT2D eigenvalue weighted by Crippen LogP contribution is -2.01. The van der Waals surface area contributed by atoms with Crippen LogP contribution in [-0.4, -0.2) is 30.3 Å². The van der Waals surface area contributed by atoms with Gasteiger partial charge in [-0.2, -0.15) is 0 Å². The molecule has 1 saturated carbocycles. The Morgan fingerprint density at radius 2 is 2.04 bits per heavy atom. The summed E-state index contributed by atoms with van der Waals surface area (Å²) in [5.41, 5.74) is 2.78. The van der Waals surface area contributed by atoms with Gasteiger partial charge in [0.05, 0.1) is 25.5 Å². The molecule has 0 spiro atoms. The van der Waals surface area contributed by atoms with Crippen molar-refractivity contribution in [3.05, 3.63) is 51.6 Å². The van der Waals surface area contributed by atoms with Crippen molar-refractivity contribution >= 4 is 33.5 Å². The van der Waals surface area contributed by atoms with Gasteiger partial charge in [0.1, 0.15) is 5.75 Å². The number of phenolic OH excluding ortho intramolecular Hbond substituents is 1. The normalized spacial score (nSPS) is 14.3. The number of rotatable bonds is 5. The van der Waals surface area contributed by atoms with Crippen molar-refractivity contribution in [2.45, 2.75) is 12.8 Å². The van der Waals surface area contributed by atoms with Crippen molar-refractivity contribution in [2.75, 3.05) is 14.2 Å². The molecule has 1 fully saturated rings. The lowest BCUT2D eigenvalue weighted by molar-refractivity contribution is 0.0600. The van der Waals surface area contributed by atoms with Crippen molar-refractivity contribution < 1.29 is 19.4 Å². The van der Waals surface area contributed by atoms with Gasteiger partial charge >= 0.3 is 5.97 Å². The van der Waals surface area contributed by atoms with E-state index >= 15 is 0 Å². The Bertz CT molecular complexity index is 843. The maximum Gasteiger partial charge on any atom is 0.337 e. The van der Waals surface area contributed by atoms with Gasteiger partial charge < -0.3 is 14.6 Å². The number of ether oxygens (including phenoxy) is 2. The summed E-state index contributed by atoms with van der Waals surface area (Å²) in [6.07, 6.45) is 4.08. The van der Waals surface area contributed by atoms with Gasteiger partial charge in [-0.3, -0.25) is 0 Å². The molecule has 1 aromatic heterocycles. The molecule has 2 aromatic rings. The number of esters is 1. The number of halogens is 1. The van der Waals surface area contributed by atoms with Gasteiger partial charge in [0.2, 0.25) is 5.88 Å². The van der Waals surface area contributed by atoms with Crippen LogP contribution in [0.5, 0.6) is 11.6 Å². The molecule has 0 bridgehead atoms. The van der Waals surface area contributed by atoms with Gasteiger partial charge in [0.25, 0.3) is 0 Å². The fraction of sp³-hybridized carbons (Fsp3) is 0.263. The number of phenols is 1. The van der Waals surface area contributed by atoms with Gasteiger partial charge in [-0.05, 0) is 64.5 Å². The molecule has 1 aliphatic carbocycles. The molecule has 0 radical (unpaired) electrons. The molecule has 130 valence electrons. The van der Waals surface area contributed by atoms with Crippen molar-refractivity contribution in [1.29, 1.82) is 0 Å². The van der Waals surface area contributed by atoms with E-state index in [1.54, 1.807) is 25.3 Å². The maximum absolute atomic E-state index is 11.6. The zero-order valence-corrected chi connectivity index (χ0v) is 15.5. The number of allylic oxidation sites excluding steroid dienone is 1. The first-order valence-corrected chi connectivity index (χ1v) is 8.66. The number of aromatic hydroxyl groups is 1. The summed E-state index contributed by atoms with van der Waals surface area (Å²) in [4.78, 5) is 16.1. The standard InChI is InChI=1S/C19H18BrNO4/c1-24-17-8-7-15(20)18(21-17)14(11-3-4-11)9-12-5-6-13(10-16(12)22)19(23)25-2/h5-11,22H,3-4H2,1-2H3/b14-9+. The van der Waals surface area contributed by atoms with Crippen LogP contribution in [0.1, 0.15) is 34.5 Å². The molecule has 0 amide bonds. The van der Waals surface area contributed by atoms with Crippen molar-refractivity contribution in [3.63, 3.8) is 0 Å². The van der Waals surface area contributed by atoms with Crippen LogP contribution < -0.4 is 4.74 Å². The minimum atomic E-state index is -0.481. The molecule has 1 aliphatic rings. The minimum absolute atomic E-state index is 0.0278. The highest BCUT2D eigenvalue weighted by Crippen LogP contribution is 2.45. The van der Waals surface area contributed by atoms with Crippen LogP contribution >= 0.6 is 15.9 Å². The maximum atomic E-state index is 11.6. The number of carbonyl (C=O) groups is 1. The molecule has 5 nitrogen and oxygen atoms in total. The lowest BCUT2D eigenvalue weighted by atomic mass is 10.0. The minimum Gasteiger partial charge on any atom is -0.507 e. The molecule has 1 N–H and O–H groups in total. The van der Waals surface area contributed by atoms with Crippen LogP contribution in [-0.2, 0) is 4.74 Å². The first-order valence-electron chi connectivity index (χ1n) is 7.87. The first kappa shape index (κ1) is 17.5. The van der Waals surface area contributed by atoms with Gasteiger partial charge in [-0.15, -0.1) is 0 Å². The largest absolute Gasteiger partial charge is 0.507 e. The number of hydrogen-bond acceptors (Lipinski definition) is 5. The summed E-state index contributed by atoms with van der Waals surface area (Å²) in [5.74, 6) is 0.483. The van der Waals surface area contributed by atoms with E-state index in [1.165, 1.54) is 13.2 Å². The molecule has 0 saturated heterocycles. The molecule has 1 aromatic carbocycles. The lowest BCUT2D eigenvalue weighted by Gasteiger charge is -2.11. The quantitative estimate of drug-likeness (QED) is 0.753. The zero-order valence-electron chi connectivity index (χ0n) is 14.0. The van der Waals surface area contributed by atoms with Gasteiger partial charge in [-0.25, -0.2) is 9.78 Å². The number of hydrogen-bond donors (Lipinski definition) is 1. The third-order valence-corrected chi connectivity index (χ3v) is 4.72. The fourth-order valence-corrected chi connectivity index (χ4v) is 3.04. The summed E-state index contributed by atoms with van der Waals surface area (Å²) in [6.45, 7) is 0. The average molecular weight is 404 g/mol. The SMILES string of the molecule is COC(=O)c1ccc(/C=C(/c2nc(OC)ccc2Br)C2CC2)c(O)c1.